The van der Waals surface area contributed by atoms with Crippen molar-refractivity contribution >= 4 is 11.3 Å². The fourth-order valence-corrected chi connectivity index (χ4v) is 2.27. The Kier molecular flexibility index (Phi) is 2.84. The van der Waals surface area contributed by atoms with Crippen molar-refractivity contribution < 1.29 is 5.11 Å². The average molecular weight is 219 g/mol. The van der Waals surface area contributed by atoms with E-state index >= 15 is 0 Å². The largest absolute Gasteiger partial charge is 0.382 e. The minimum absolute atomic E-state index is 0.601. The van der Waals surface area contributed by atoms with Gasteiger partial charge in [-0.3, -0.25) is 4.98 Å². The van der Waals surface area contributed by atoms with E-state index in [2.05, 4.69) is 4.98 Å². The molecule has 0 aliphatic carbocycles. The molecule has 0 amide bonds. The van der Waals surface area contributed by atoms with Crippen molar-refractivity contribution in [1.29, 1.82) is 0 Å². The van der Waals surface area contributed by atoms with Crippen LogP contribution >= 0.6 is 11.3 Å². The van der Waals surface area contributed by atoms with Crippen LogP contribution in [0, 0.1) is 13.8 Å². The number of thiophene rings is 1. The van der Waals surface area contributed by atoms with Crippen molar-refractivity contribution in [2.75, 3.05) is 0 Å². The molecule has 2 aromatic heterocycles. The summed E-state index contributed by atoms with van der Waals surface area (Å²) >= 11 is 1.65. The quantitative estimate of drug-likeness (QED) is 0.842. The third kappa shape index (κ3) is 2.08. The Labute approximate surface area is 93.2 Å². The van der Waals surface area contributed by atoms with Crippen molar-refractivity contribution in [2.45, 2.75) is 20.0 Å². The third-order valence-electron chi connectivity index (χ3n) is 2.38. The second kappa shape index (κ2) is 4.13. The second-order valence-corrected chi connectivity index (χ2v) is 4.71. The van der Waals surface area contributed by atoms with Crippen LogP contribution in [0.5, 0.6) is 0 Å². The highest BCUT2D eigenvalue weighted by molar-refractivity contribution is 7.10. The van der Waals surface area contributed by atoms with Crippen molar-refractivity contribution in [2.24, 2.45) is 0 Å². The first-order valence-corrected chi connectivity index (χ1v) is 5.71. The maximum atomic E-state index is 10.1. The number of rotatable bonds is 2. The number of aromatic nitrogens is 1. The molecule has 0 saturated carbocycles. The molecule has 0 fully saturated rings. The van der Waals surface area contributed by atoms with Crippen molar-refractivity contribution in [3.8, 4) is 0 Å². The van der Waals surface area contributed by atoms with Crippen LogP contribution in [0.3, 0.4) is 0 Å². The Bertz CT molecular complexity index is 464. The predicted molar refractivity (Wildman–Crippen MR) is 62.1 cm³/mol. The average Bonchev–Trinajstić information content (AvgIpc) is 2.65. The number of aliphatic hydroxyl groups excluding tert-OH is 1. The highest BCUT2D eigenvalue weighted by Crippen LogP contribution is 2.26. The molecule has 1 atom stereocenters. The van der Waals surface area contributed by atoms with E-state index < -0.39 is 6.10 Å². The molecule has 0 aliphatic heterocycles. The zero-order valence-corrected chi connectivity index (χ0v) is 9.58. The molecule has 0 radical (unpaired) electrons. The van der Waals surface area contributed by atoms with Gasteiger partial charge in [0.15, 0.2) is 0 Å². The molecule has 2 nitrogen and oxygen atoms in total. The Morgan fingerprint density at radius 3 is 2.80 bits per heavy atom. The molecular formula is C12H13NOS. The Hall–Kier alpha value is -1.19. The summed E-state index contributed by atoms with van der Waals surface area (Å²) in [6, 6.07) is 5.85. The lowest BCUT2D eigenvalue weighted by atomic mass is 10.1. The van der Waals surface area contributed by atoms with Gasteiger partial charge in [-0.15, -0.1) is 11.3 Å². The maximum absolute atomic E-state index is 10.1. The lowest BCUT2D eigenvalue weighted by molar-refractivity contribution is 0.215. The van der Waals surface area contributed by atoms with E-state index in [1.165, 1.54) is 4.88 Å². The Balaban J connectivity index is 2.36. The Morgan fingerprint density at radius 1 is 1.40 bits per heavy atom. The van der Waals surface area contributed by atoms with Gasteiger partial charge in [-0.05, 0) is 42.5 Å². The van der Waals surface area contributed by atoms with Crippen LogP contribution in [0.15, 0.2) is 29.8 Å². The molecular weight excluding hydrogens is 206 g/mol. The van der Waals surface area contributed by atoms with Gasteiger partial charge < -0.3 is 5.11 Å². The number of aliphatic hydroxyl groups is 1. The molecule has 0 aromatic carbocycles. The Morgan fingerprint density at radius 2 is 2.20 bits per heavy atom. The van der Waals surface area contributed by atoms with Crippen LogP contribution in [-0.2, 0) is 0 Å². The molecule has 78 valence electrons. The minimum Gasteiger partial charge on any atom is -0.382 e. The number of aryl methyl sites for hydroxylation is 2. The van der Waals surface area contributed by atoms with Crippen LogP contribution < -0.4 is 0 Å². The number of hydrogen-bond acceptors (Lipinski definition) is 3. The standard InChI is InChI=1S/C12H13NOS/c1-8-4-3-5-13-11(8)12(14)10-6-9(2)15-7-10/h3-7,12,14H,1-2H3. The topological polar surface area (TPSA) is 33.1 Å². The number of nitrogens with zero attached hydrogens (tertiary/aromatic N) is 1. The maximum Gasteiger partial charge on any atom is 0.122 e. The summed E-state index contributed by atoms with van der Waals surface area (Å²) in [6.07, 6.45) is 1.11. The fourth-order valence-electron chi connectivity index (χ4n) is 1.55. The molecule has 2 rings (SSSR count). The van der Waals surface area contributed by atoms with E-state index in [4.69, 9.17) is 0 Å². The van der Waals surface area contributed by atoms with Crippen molar-refractivity contribution in [1.82, 2.24) is 4.98 Å². The molecule has 1 unspecified atom stereocenters. The van der Waals surface area contributed by atoms with E-state index in [0.717, 1.165) is 16.8 Å². The van der Waals surface area contributed by atoms with E-state index in [1.807, 2.05) is 37.4 Å². The number of hydrogen-bond donors (Lipinski definition) is 1. The van der Waals surface area contributed by atoms with Gasteiger partial charge in [-0.25, -0.2) is 0 Å². The summed E-state index contributed by atoms with van der Waals surface area (Å²) in [5, 5.41) is 12.1. The third-order valence-corrected chi connectivity index (χ3v) is 3.26. The molecule has 0 bridgehead atoms. The molecule has 2 aromatic rings. The molecule has 15 heavy (non-hydrogen) atoms. The van der Waals surface area contributed by atoms with Gasteiger partial charge in [0, 0.05) is 11.1 Å². The molecule has 3 heteroatoms. The molecule has 0 aliphatic rings. The first kappa shape index (κ1) is 10.3. The van der Waals surface area contributed by atoms with Gasteiger partial charge >= 0.3 is 0 Å². The molecule has 1 N–H and O–H groups in total. The summed E-state index contributed by atoms with van der Waals surface area (Å²) in [4.78, 5) is 5.42. The monoisotopic (exact) mass is 219 g/mol. The van der Waals surface area contributed by atoms with Gasteiger partial charge in [-0.1, -0.05) is 6.07 Å². The first-order valence-electron chi connectivity index (χ1n) is 4.83. The van der Waals surface area contributed by atoms with Crippen LogP contribution in [0.2, 0.25) is 0 Å². The van der Waals surface area contributed by atoms with Gasteiger partial charge in [0.2, 0.25) is 0 Å². The van der Waals surface area contributed by atoms with Crippen molar-refractivity contribution in [3.63, 3.8) is 0 Å². The van der Waals surface area contributed by atoms with Gasteiger partial charge in [0.05, 0.1) is 5.69 Å². The zero-order valence-electron chi connectivity index (χ0n) is 8.77. The molecule has 0 saturated heterocycles. The summed E-state index contributed by atoms with van der Waals surface area (Å²) in [6.45, 7) is 4.00. The molecule has 2 heterocycles. The predicted octanol–water partition coefficient (Wildman–Crippen LogP) is 2.84. The van der Waals surface area contributed by atoms with Crippen molar-refractivity contribution in [3.05, 3.63) is 51.5 Å². The highest BCUT2D eigenvalue weighted by atomic mass is 32.1. The summed E-state index contributed by atoms with van der Waals surface area (Å²) in [5.41, 5.74) is 2.70. The SMILES string of the molecule is Cc1cc(C(O)c2ncccc2C)cs1. The van der Waals surface area contributed by atoms with E-state index in [1.54, 1.807) is 17.5 Å². The summed E-state index contributed by atoms with van der Waals surface area (Å²) < 4.78 is 0. The lowest BCUT2D eigenvalue weighted by Crippen LogP contribution is -2.03. The van der Waals surface area contributed by atoms with E-state index in [0.29, 0.717) is 0 Å². The van der Waals surface area contributed by atoms with Crippen LogP contribution in [0.25, 0.3) is 0 Å². The number of pyridine rings is 1. The van der Waals surface area contributed by atoms with Crippen LogP contribution in [0.4, 0.5) is 0 Å². The summed E-state index contributed by atoms with van der Waals surface area (Å²) in [7, 11) is 0. The first-order chi connectivity index (χ1) is 7.18. The van der Waals surface area contributed by atoms with E-state index in [9.17, 15) is 5.11 Å². The smallest absolute Gasteiger partial charge is 0.122 e. The van der Waals surface area contributed by atoms with E-state index in [-0.39, 0.29) is 0 Å². The van der Waals surface area contributed by atoms with Gasteiger partial charge in [0.1, 0.15) is 6.10 Å². The molecule has 0 spiro atoms. The van der Waals surface area contributed by atoms with Crippen LogP contribution in [-0.4, -0.2) is 10.1 Å². The minimum atomic E-state index is -0.601. The van der Waals surface area contributed by atoms with Crippen LogP contribution in [0.1, 0.15) is 27.8 Å². The van der Waals surface area contributed by atoms with Gasteiger partial charge in [0.25, 0.3) is 0 Å². The highest BCUT2D eigenvalue weighted by Gasteiger charge is 2.14. The zero-order chi connectivity index (χ0) is 10.8. The lowest BCUT2D eigenvalue weighted by Gasteiger charge is -2.10. The normalized spacial score (nSPS) is 12.7. The van der Waals surface area contributed by atoms with Gasteiger partial charge in [-0.2, -0.15) is 0 Å². The second-order valence-electron chi connectivity index (χ2n) is 3.60. The summed E-state index contributed by atoms with van der Waals surface area (Å²) in [5.74, 6) is 0. The fraction of sp³-hybridized carbons (Fsp3) is 0.250.